The standard InChI is InChI=1S/C13H19BrN4O/c1-3-9-7-10(18(4-2)17-9)8-12(16-15)11-5-6-19-13(11)14/h5-7,12,16H,3-4,8,15H2,1-2H3. The van der Waals surface area contributed by atoms with Gasteiger partial charge in [-0.1, -0.05) is 6.92 Å². The normalized spacial score (nSPS) is 12.8. The van der Waals surface area contributed by atoms with Gasteiger partial charge in [-0.2, -0.15) is 5.10 Å². The number of nitrogens with zero attached hydrogens (tertiary/aromatic N) is 2. The minimum atomic E-state index is -0.000156. The monoisotopic (exact) mass is 326 g/mol. The fraction of sp³-hybridized carbons (Fsp3) is 0.462. The molecule has 0 radical (unpaired) electrons. The van der Waals surface area contributed by atoms with Crippen molar-refractivity contribution in [2.24, 2.45) is 5.84 Å². The predicted molar refractivity (Wildman–Crippen MR) is 77.5 cm³/mol. The number of halogens is 1. The molecule has 0 aliphatic heterocycles. The van der Waals surface area contributed by atoms with Gasteiger partial charge in [0, 0.05) is 24.2 Å². The van der Waals surface area contributed by atoms with Gasteiger partial charge in [-0.3, -0.25) is 16.0 Å². The van der Waals surface area contributed by atoms with Crippen molar-refractivity contribution in [1.82, 2.24) is 15.2 Å². The summed E-state index contributed by atoms with van der Waals surface area (Å²) in [6.45, 7) is 5.06. The second-order valence-electron chi connectivity index (χ2n) is 4.37. The molecule has 0 bridgehead atoms. The van der Waals surface area contributed by atoms with Gasteiger partial charge in [-0.25, -0.2) is 0 Å². The van der Waals surface area contributed by atoms with Crippen LogP contribution in [0.4, 0.5) is 0 Å². The molecule has 0 aliphatic rings. The summed E-state index contributed by atoms with van der Waals surface area (Å²) < 4.78 is 8.01. The van der Waals surface area contributed by atoms with Crippen molar-refractivity contribution in [1.29, 1.82) is 0 Å². The van der Waals surface area contributed by atoms with Crippen LogP contribution >= 0.6 is 15.9 Å². The molecule has 2 aromatic rings. The number of rotatable bonds is 6. The van der Waals surface area contributed by atoms with E-state index in [-0.39, 0.29) is 6.04 Å². The molecule has 0 aliphatic carbocycles. The zero-order valence-electron chi connectivity index (χ0n) is 11.2. The van der Waals surface area contributed by atoms with Gasteiger partial charge in [0.1, 0.15) is 0 Å². The molecule has 0 fully saturated rings. The van der Waals surface area contributed by atoms with Gasteiger partial charge in [0.2, 0.25) is 0 Å². The summed E-state index contributed by atoms with van der Waals surface area (Å²) in [5.41, 5.74) is 6.15. The number of nitrogens with two attached hydrogens (primary N) is 1. The first kappa shape index (κ1) is 14.3. The molecule has 0 saturated heterocycles. The number of hydrogen-bond donors (Lipinski definition) is 2. The lowest BCUT2D eigenvalue weighted by Crippen LogP contribution is -2.30. The molecule has 2 heterocycles. The van der Waals surface area contributed by atoms with Gasteiger partial charge < -0.3 is 4.42 Å². The highest BCUT2D eigenvalue weighted by Gasteiger charge is 2.18. The van der Waals surface area contributed by atoms with Crippen LogP contribution < -0.4 is 11.3 Å². The Kier molecular flexibility index (Phi) is 4.79. The van der Waals surface area contributed by atoms with Crippen LogP contribution in [-0.4, -0.2) is 9.78 Å². The number of aromatic nitrogens is 2. The molecule has 0 spiro atoms. The molecule has 3 N–H and O–H groups in total. The first-order valence-corrected chi connectivity index (χ1v) is 7.23. The Labute approximate surface area is 121 Å². The number of nitrogens with one attached hydrogen (secondary N) is 1. The van der Waals surface area contributed by atoms with Gasteiger partial charge in [0.05, 0.1) is 18.0 Å². The molecule has 2 aromatic heterocycles. The summed E-state index contributed by atoms with van der Waals surface area (Å²) in [4.78, 5) is 0. The van der Waals surface area contributed by atoms with Crippen LogP contribution in [0, 0.1) is 0 Å². The van der Waals surface area contributed by atoms with E-state index < -0.39 is 0 Å². The average Bonchev–Trinajstić information content (AvgIpc) is 3.01. The predicted octanol–water partition coefficient (Wildman–Crippen LogP) is 2.57. The molecule has 1 atom stereocenters. The first-order valence-electron chi connectivity index (χ1n) is 6.44. The molecular weight excluding hydrogens is 308 g/mol. The third-order valence-electron chi connectivity index (χ3n) is 3.21. The Morgan fingerprint density at radius 1 is 1.53 bits per heavy atom. The lowest BCUT2D eigenvalue weighted by atomic mass is 10.1. The van der Waals surface area contributed by atoms with Gasteiger partial charge in [0.15, 0.2) is 4.67 Å². The van der Waals surface area contributed by atoms with E-state index in [0.717, 1.165) is 30.6 Å². The molecule has 5 nitrogen and oxygen atoms in total. The lowest BCUT2D eigenvalue weighted by Gasteiger charge is -2.15. The van der Waals surface area contributed by atoms with Gasteiger partial charge in [0.25, 0.3) is 0 Å². The maximum Gasteiger partial charge on any atom is 0.173 e. The zero-order chi connectivity index (χ0) is 13.8. The molecule has 0 aromatic carbocycles. The summed E-state index contributed by atoms with van der Waals surface area (Å²) >= 11 is 3.39. The smallest absolute Gasteiger partial charge is 0.173 e. The fourth-order valence-corrected chi connectivity index (χ4v) is 2.66. The van der Waals surface area contributed by atoms with Gasteiger partial charge in [-0.05, 0) is 41.4 Å². The average molecular weight is 327 g/mol. The van der Waals surface area contributed by atoms with Crippen molar-refractivity contribution in [3.8, 4) is 0 Å². The van der Waals surface area contributed by atoms with Crippen molar-refractivity contribution in [3.05, 3.63) is 40.0 Å². The van der Waals surface area contributed by atoms with Crippen molar-refractivity contribution in [2.45, 2.75) is 39.3 Å². The Hall–Kier alpha value is -1.11. The highest BCUT2D eigenvalue weighted by atomic mass is 79.9. The third kappa shape index (κ3) is 3.08. The molecule has 6 heteroatoms. The van der Waals surface area contributed by atoms with E-state index in [9.17, 15) is 0 Å². The minimum Gasteiger partial charge on any atom is -0.457 e. The van der Waals surface area contributed by atoms with Gasteiger partial charge in [-0.15, -0.1) is 0 Å². The topological polar surface area (TPSA) is 69.0 Å². The number of hydrazine groups is 1. The second-order valence-corrected chi connectivity index (χ2v) is 5.09. The van der Waals surface area contributed by atoms with Crippen molar-refractivity contribution in [2.75, 3.05) is 0 Å². The van der Waals surface area contributed by atoms with E-state index in [2.05, 4.69) is 46.4 Å². The summed E-state index contributed by atoms with van der Waals surface area (Å²) in [5.74, 6) is 5.67. The van der Waals surface area contributed by atoms with Crippen molar-refractivity contribution < 1.29 is 4.42 Å². The SMILES string of the molecule is CCc1cc(CC(NN)c2ccoc2Br)n(CC)n1. The van der Waals surface area contributed by atoms with Crippen molar-refractivity contribution in [3.63, 3.8) is 0 Å². The zero-order valence-corrected chi connectivity index (χ0v) is 12.8. The highest BCUT2D eigenvalue weighted by molar-refractivity contribution is 9.10. The summed E-state index contributed by atoms with van der Waals surface area (Å²) in [6, 6.07) is 4.06. The van der Waals surface area contributed by atoms with Crippen LogP contribution in [0.5, 0.6) is 0 Å². The van der Waals surface area contributed by atoms with Crippen LogP contribution in [0.25, 0.3) is 0 Å². The first-order chi connectivity index (χ1) is 9.19. The number of hydrogen-bond acceptors (Lipinski definition) is 4. The Morgan fingerprint density at radius 3 is 2.84 bits per heavy atom. The molecular formula is C13H19BrN4O. The van der Waals surface area contributed by atoms with Crippen LogP contribution in [0.15, 0.2) is 27.5 Å². The van der Waals surface area contributed by atoms with E-state index in [1.807, 2.05) is 10.7 Å². The second kappa shape index (κ2) is 6.36. The van der Waals surface area contributed by atoms with E-state index in [4.69, 9.17) is 10.3 Å². The van der Waals surface area contributed by atoms with E-state index in [1.54, 1.807) is 6.26 Å². The molecule has 104 valence electrons. The lowest BCUT2D eigenvalue weighted by molar-refractivity contribution is 0.492. The number of aryl methyl sites for hydroxylation is 2. The van der Waals surface area contributed by atoms with Crippen molar-refractivity contribution >= 4 is 15.9 Å². The summed E-state index contributed by atoms with van der Waals surface area (Å²) in [5, 5.41) is 4.55. The van der Waals surface area contributed by atoms with Gasteiger partial charge >= 0.3 is 0 Å². The van der Waals surface area contributed by atoms with Crippen LogP contribution in [-0.2, 0) is 19.4 Å². The van der Waals surface area contributed by atoms with E-state index >= 15 is 0 Å². The fourth-order valence-electron chi connectivity index (χ4n) is 2.15. The largest absolute Gasteiger partial charge is 0.457 e. The Bertz CT molecular complexity index is 534. The van der Waals surface area contributed by atoms with Crippen LogP contribution in [0.1, 0.15) is 36.8 Å². The molecule has 0 amide bonds. The summed E-state index contributed by atoms with van der Waals surface area (Å²) in [7, 11) is 0. The highest BCUT2D eigenvalue weighted by Crippen LogP contribution is 2.27. The maximum absolute atomic E-state index is 5.67. The van der Waals surface area contributed by atoms with E-state index in [1.165, 1.54) is 5.69 Å². The van der Waals surface area contributed by atoms with E-state index in [0.29, 0.717) is 4.67 Å². The summed E-state index contributed by atoms with van der Waals surface area (Å²) in [6.07, 6.45) is 3.37. The quantitative estimate of drug-likeness (QED) is 0.632. The Balaban J connectivity index is 2.23. The maximum atomic E-state index is 5.67. The van der Waals surface area contributed by atoms with Crippen LogP contribution in [0.2, 0.25) is 0 Å². The third-order valence-corrected chi connectivity index (χ3v) is 3.86. The number of furan rings is 1. The molecule has 1 unspecified atom stereocenters. The minimum absolute atomic E-state index is 0.000156. The molecule has 19 heavy (non-hydrogen) atoms. The molecule has 0 saturated carbocycles. The Morgan fingerprint density at radius 2 is 2.32 bits per heavy atom. The molecule has 2 rings (SSSR count). The van der Waals surface area contributed by atoms with Crippen LogP contribution in [0.3, 0.4) is 0 Å².